The molecule has 1 amide bonds. The quantitative estimate of drug-likeness (QED) is 0.806. The number of rotatable bonds is 2. The molecule has 1 aromatic heterocycles. The number of amides is 1. The summed E-state index contributed by atoms with van der Waals surface area (Å²) in [6.45, 7) is 3.07. The third-order valence-electron chi connectivity index (χ3n) is 5.19. The SMILES string of the molecule is COc1cccc2c1N(C(=O)c1cc3c(s1)CCC(C)C3)CCC2. The number of fused-ring (bicyclic) bond motifs is 2. The van der Waals surface area contributed by atoms with E-state index in [9.17, 15) is 4.79 Å². The molecule has 1 unspecified atom stereocenters. The Balaban J connectivity index is 1.70. The zero-order chi connectivity index (χ0) is 16.7. The van der Waals surface area contributed by atoms with Crippen molar-refractivity contribution >= 4 is 22.9 Å². The van der Waals surface area contributed by atoms with Gasteiger partial charge in [-0.25, -0.2) is 0 Å². The third kappa shape index (κ3) is 2.63. The van der Waals surface area contributed by atoms with Crippen molar-refractivity contribution in [1.29, 1.82) is 0 Å². The molecule has 4 rings (SSSR count). The number of carbonyl (C=O) groups excluding carboxylic acids is 1. The van der Waals surface area contributed by atoms with E-state index in [0.717, 1.165) is 54.5 Å². The van der Waals surface area contributed by atoms with Gasteiger partial charge < -0.3 is 9.64 Å². The van der Waals surface area contributed by atoms with Crippen LogP contribution in [-0.4, -0.2) is 19.6 Å². The molecule has 2 aliphatic rings. The molecule has 2 heterocycles. The number of carbonyl (C=O) groups is 1. The molecule has 2 aromatic rings. The van der Waals surface area contributed by atoms with Gasteiger partial charge in [-0.2, -0.15) is 0 Å². The molecule has 1 aromatic carbocycles. The van der Waals surface area contributed by atoms with Crippen LogP contribution in [0.25, 0.3) is 0 Å². The van der Waals surface area contributed by atoms with Crippen LogP contribution in [0.1, 0.15) is 45.4 Å². The maximum absolute atomic E-state index is 13.2. The predicted molar refractivity (Wildman–Crippen MR) is 98.5 cm³/mol. The normalized spacial score (nSPS) is 19.6. The summed E-state index contributed by atoms with van der Waals surface area (Å²) >= 11 is 1.70. The number of hydrogen-bond donors (Lipinski definition) is 0. The van der Waals surface area contributed by atoms with Crippen molar-refractivity contribution in [1.82, 2.24) is 0 Å². The Kier molecular flexibility index (Phi) is 4.09. The summed E-state index contributed by atoms with van der Waals surface area (Å²) < 4.78 is 5.53. The van der Waals surface area contributed by atoms with Crippen LogP contribution in [0.4, 0.5) is 5.69 Å². The second-order valence-corrected chi connectivity index (χ2v) is 8.07. The van der Waals surface area contributed by atoms with Crippen molar-refractivity contribution in [3.63, 3.8) is 0 Å². The maximum Gasteiger partial charge on any atom is 0.268 e. The van der Waals surface area contributed by atoms with Gasteiger partial charge in [0, 0.05) is 11.4 Å². The first-order valence-corrected chi connectivity index (χ1v) is 9.58. The van der Waals surface area contributed by atoms with E-state index in [-0.39, 0.29) is 5.91 Å². The summed E-state index contributed by atoms with van der Waals surface area (Å²) in [5, 5.41) is 0. The van der Waals surface area contributed by atoms with Gasteiger partial charge in [-0.3, -0.25) is 4.79 Å². The van der Waals surface area contributed by atoms with Crippen LogP contribution in [0, 0.1) is 5.92 Å². The summed E-state index contributed by atoms with van der Waals surface area (Å²) in [6.07, 6.45) is 5.48. The van der Waals surface area contributed by atoms with E-state index in [2.05, 4.69) is 19.1 Å². The van der Waals surface area contributed by atoms with Gasteiger partial charge in [0.1, 0.15) is 5.75 Å². The number of anilines is 1. The maximum atomic E-state index is 13.2. The standard InChI is InChI=1S/C20H23NO2S/c1-13-8-9-17-15(11-13)12-18(24-17)20(22)21-10-4-6-14-5-3-7-16(23-2)19(14)21/h3,5,7,12-13H,4,6,8-11H2,1-2H3. The second kappa shape index (κ2) is 6.25. The van der Waals surface area contributed by atoms with E-state index in [4.69, 9.17) is 4.74 Å². The van der Waals surface area contributed by atoms with Gasteiger partial charge in [0.2, 0.25) is 0 Å². The Hall–Kier alpha value is -1.81. The molecule has 0 bridgehead atoms. The lowest BCUT2D eigenvalue weighted by molar-refractivity contribution is 0.0988. The highest BCUT2D eigenvalue weighted by Crippen LogP contribution is 2.39. The molecule has 0 spiro atoms. The fourth-order valence-corrected chi connectivity index (χ4v) is 5.08. The molecule has 0 saturated heterocycles. The first kappa shape index (κ1) is 15.7. The van der Waals surface area contributed by atoms with Gasteiger partial charge in [-0.15, -0.1) is 11.3 Å². The van der Waals surface area contributed by atoms with Gasteiger partial charge in [0.15, 0.2) is 0 Å². The lowest BCUT2D eigenvalue weighted by atomic mass is 9.90. The molecule has 0 radical (unpaired) electrons. The molecule has 126 valence electrons. The highest BCUT2D eigenvalue weighted by molar-refractivity contribution is 7.14. The van der Waals surface area contributed by atoms with Crippen LogP contribution in [0.5, 0.6) is 5.75 Å². The van der Waals surface area contributed by atoms with E-state index in [1.54, 1.807) is 18.4 Å². The predicted octanol–water partition coefficient (Wildman–Crippen LogP) is 4.47. The van der Waals surface area contributed by atoms with Crippen molar-refractivity contribution in [2.24, 2.45) is 5.92 Å². The fraction of sp³-hybridized carbons (Fsp3) is 0.450. The summed E-state index contributed by atoms with van der Waals surface area (Å²) in [5.41, 5.74) is 3.57. The fourth-order valence-electron chi connectivity index (χ4n) is 3.93. The van der Waals surface area contributed by atoms with Crippen LogP contribution in [0.2, 0.25) is 0 Å². The van der Waals surface area contributed by atoms with Crippen LogP contribution < -0.4 is 9.64 Å². The Bertz CT molecular complexity index is 766. The lowest BCUT2D eigenvalue weighted by Gasteiger charge is -2.30. The molecule has 0 N–H and O–H groups in total. The van der Waals surface area contributed by atoms with Gasteiger partial charge >= 0.3 is 0 Å². The summed E-state index contributed by atoms with van der Waals surface area (Å²) in [4.78, 5) is 17.4. The van der Waals surface area contributed by atoms with Gasteiger partial charge in [-0.1, -0.05) is 19.1 Å². The van der Waals surface area contributed by atoms with Crippen LogP contribution >= 0.6 is 11.3 Å². The number of methoxy groups -OCH3 is 1. The number of nitrogens with zero attached hydrogens (tertiary/aromatic N) is 1. The van der Waals surface area contributed by atoms with Crippen molar-refractivity contribution in [3.8, 4) is 5.75 Å². The summed E-state index contributed by atoms with van der Waals surface area (Å²) in [5.74, 6) is 1.66. The van der Waals surface area contributed by atoms with Gasteiger partial charge in [0.05, 0.1) is 17.7 Å². The average molecular weight is 341 g/mol. The molecule has 3 nitrogen and oxygen atoms in total. The zero-order valence-electron chi connectivity index (χ0n) is 14.3. The number of aryl methyl sites for hydroxylation is 2. The van der Waals surface area contributed by atoms with Gasteiger partial charge in [0.25, 0.3) is 5.91 Å². The van der Waals surface area contributed by atoms with Gasteiger partial charge in [-0.05, 0) is 61.3 Å². The molecular formula is C20H23NO2S. The first-order chi connectivity index (χ1) is 11.7. The Morgan fingerprint density at radius 3 is 3.00 bits per heavy atom. The van der Waals surface area contributed by atoms with E-state index in [1.807, 2.05) is 17.0 Å². The van der Waals surface area contributed by atoms with Crippen LogP contribution in [0.15, 0.2) is 24.3 Å². The van der Waals surface area contributed by atoms with Crippen LogP contribution in [-0.2, 0) is 19.3 Å². The lowest BCUT2D eigenvalue weighted by Crippen LogP contribution is -2.35. The number of hydrogen-bond acceptors (Lipinski definition) is 3. The molecule has 24 heavy (non-hydrogen) atoms. The van der Waals surface area contributed by atoms with Crippen molar-refractivity contribution in [2.75, 3.05) is 18.6 Å². The molecule has 1 aliphatic heterocycles. The number of thiophene rings is 1. The number of benzene rings is 1. The Labute approximate surface area is 147 Å². The molecule has 1 aliphatic carbocycles. The van der Waals surface area contributed by atoms with Crippen molar-refractivity contribution < 1.29 is 9.53 Å². The smallest absolute Gasteiger partial charge is 0.268 e. The first-order valence-electron chi connectivity index (χ1n) is 8.76. The van der Waals surface area contributed by atoms with E-state index in [0.29, 0.717) is 0 Å². The summed E-state index contributed by atoms with van der Waals surface area (Å²) in [7, 11) is 1.68. The average Bonchev–Trinajstić information content (AvgIpc) is 3.03. The summed E-state index contributed by atoms with van der Waals surface area (Å²) in [6, 6.07) is 8.21. The molecular weight excluding hydrogens is 318 g/mol. The van der Waals surface area contributed by atoms with E-state index < -0.39 is 0 Å². The largest absolute Gasteiger partial charge is 0.495 e. The molecule has 1 atom stereocenters. The minimum absolute atomic E-state index is 0.132. The molecule has 4 heteroatoms. The number of ether oxygens (including phenoxy) is 1. The minimum atomic E-state index is 0.132. The minimum Gasteiger partial charge on any atom is -0.495 e. The van der Waals surface area contributed by atoms with E-state index in [1.165, 1.54) is 22.4 Å². The number of para-hydroxylation sites is 1. The Morgan fingerprint density at radius 1 is 1.29 bits per heavy atom. The van der Waals surface area contributed by atoms with Crippen molar-refractivity contribution in [3.05, 3.63) is 45.1 Å². The van der Waals surface area contributed by atoms with Crippen molar-refractivity contribution in [2.45, 2.75) is 39.0 Å². The van der Waals surface area contributed by atoms with Crippen LogP contribution in [0.3, 0.4) is 0 Å². The monoisotopic (exact) mass is 341 g/mol. The Morgan fingerprint density at radius 2 is 2.17 bits per heavy atom. The zero-order valence-corrected chi connectivity index (χ0v) is 15.1. The third-order valence-corrected chi connectivity index (χ3v) is 6.41. The highest BCUT2D eigenvalue weighted by atomic mass is 32.1. The highest BCUT2D eigenvalue weighted by Gasteiger charge is 2.29. The second-order valence-electron chi connectivity index (χ2n) is 6.94. The molecule has 0 saturated carbocycles. The van der Waals surface area contributed by atoms with E-state index >= 15 is 0 Å². The molecule has 0 fully saturated rings. The topological polar surface area (TPSA) is 29.5 Å².